The molecule has 1 aliphatic rings. The average Bonchev–Trinajstić information content (AvgIpc) is 2.63. The smallest absolute Gasteiger partial charge is 0.227 e. The van der Waals surface area contributed by atoms with Crippen molar-refractivity contribution in [2.45, 2.75) is 6.42 Å². The van der Waals surface area contributed by atoms with Gasteiger partial charge in [-0.1, -0.05) is 0 Å². The quantitative estimate of drug-likeness (QED) is 0.836. The van der Waals surface area contributed by atoms with Crippen LogP contribution in [0.1, 0.15) is 6.42 Å². The van der Waals surface area contributed by atoms with Gasteiger partial charge in [0.1, 0.15) is 10.4 Å². The third-order valence-electron chi connectivity index (χ3n) is 2.54. The van der Waals surface area contributed by atoms with Crippen LogP contribution in [0.2, 0.25) is 0 Å². The van der Waals surface area contributed by atoms with Gasteiger partial charge in [0.15, 0.2) is 0 Å². The van der Waals surface area contributed by atoms with Crippen LogP contribution in [0.4, 0.5) is 10.1 Å². The maximum atomic E-state index is 13.0. The molecule has 1 amide bonds. The van der Waals surface area contributed by atoms with Crippen LogP contribution in [0, 0.1) is 11.7 Å². The summed E-state index contributed by atoms with van der Waals surface area (Å²) in [5.74, 6) is -0.687. The maximum Gasteiger partial charge on any atom is 0.227 e. The summed E-state index contributed by atoms with van der Waals surface area (Å²) in [5, 5.41) is 8.99. The number of nitrogens with zero attached hydrogens (tertiary/aromatic N) is 2. The molecule has 0 aliphatic carbocycles. The molecular weight excluding hydrogens is 279 g/mol. The molecule has 0 aromatic carbocycles. The second kappa shape index (κ2) is 4.47. The van der Waals surface area contributed by atoms with E-state index in [0.717, 1.165) is 6.20 Å². The van der Waals surface area contributed by atoms with E-state index in [0.29, 0.717) is 23.3 Å². The normalized spacial score (nSPS) is 20.6. The number of carbonyl (C=O) groups is 1. The molecule has 0 saturated carbocycles. The summed E-state index contributed by atoms with van der Waals surface area (Å²) >= 11 is 3.18. The highest BCUT2D eigenvalue weighted by Crippen LogP contribution is 2.30. The molecule has 4 nitrogen and oxygen atoms in total. The molecule has 86 valence electrons. The van der Waals surface area contributed by atoms with Crippen LogP contribution < -0.4 is 4.90 Å². The number of rotatable bonds is 2. The van der Waals surface area contributed by atoms with Gasteiger partial charge in [0.2, 0.25) is 5.91 Å². The lowest BCUT2D eigenvalue weighted by Gasteiger charge is -2.17. The fourth-order valence-corrected chi connectivity index (χ4v) is 2.17. The minimum absolute atomic E-state index is 0.0391. The van der Waals surface area contributed by atoms with Crippen LogP contribution in [0.3, 0.4) is 0 Å². The van der Waals surface area contributed by atoms with E-state index < -0.39 is 5.82 Å². The Hall–Kier alpha value is -1.01. The number of aliphatic hydroxyl groups excluding tert-OH is 1. The number of pyridine rings is 1. The molecule has 1 aliphatic heterocycles. The van der Waals surface area contributed by atoms with Gasteiger partial charge in [-0.2, -0.15) is 0 Å². The van der Waals surface area contributed by atoms with Crippen molar-refractivity contribution in [2.24, 2.45) is 5.92 Å². The molecule has 1 aromatic heterocycles. The van der Waals surface area contributed by atoms with E-state index in [4.69, 9.17) is 5.11 Å². The minimum Gasteiger partial charge on any atom is -0.396 e. The number of amides is 1. The Morgan fingerprint density at radius 3 is 3.06 bits per heavy atom. The number of hydrogen-bond donors (Lipinski definition) is 1. The fraction of sp³-hybridized carbons (Fsp3) is 0.400. The highest BCUT2D eigenvalue weighted by Gasteiger charge is 2.31. The predicted octanol–water partition coefficient (Wildman–Crippen LogP) is 1.33. The molecule has 1 fully saturated rings. The summed E-state index contributed by atoms with van der Waals surface area (Å²) in [6.07, 6.45) is 1.37. The average molecular weight is 289 g/mol. The van der Waals surface area contributed by atoms with Crippen molar-refractivity contribution < 1.29 is 14.3 Å². The molecule has 2 rings (SSSR count). The predicted molar refractivity (Wildman–Crippen MR) is 59.4 cm³/mol. The third kappa shape index (κ3) is 2.08. The lowest BCUT2D eigenvalue weighted by Crippen LogP contribution is -2.25. The van der Waals surface area contributed by atoms with Gasteiger partial charge in [0, 0.05) is 31.6 Å². The number of aliphatic hydroxyl groups is 1. The Morgan fingerprint density at radius 2 is 2.44 bits per heavy atom. The summed E-state index contributed by atoms with van der Waals surface area (Å²) in [6, 6.07) is 1.26. The van der Waals surface area contributed by atoms with Crippen molar-refractivity contribution in [2.75, 3.05) is 18.1 Å². The highest BCUT2D eigenvalue weighted by atomic mass is 79.9. The Bertz CT molecular complexity index is 427. The Balaban J connectivity index is 2.30. The SMILES string of the molecule is O=C1CC(CO)CN1c1cc(F)cnc1Br. The molecule has 0 spiro atoms. The molecule has 1 N–H and O–H groups in total. The molecule has 1 unspecified atom stereocenters. The van der Waals surface area contributed by atoms with Gasteiger partial charge >= 0.3 is 0 Å². The van der Waals surface area contributed by atoms with E-state index in [1.807, 2.05) is 0 Å². The Morgan fingerprint density at radius 1 is 1.69 bits per heavy atom. The van der Waals surface area contributed by atoms with E-state index in [-0.39, 0.29) is 18.4 Å². The van der Waals surface area contributed by atoms with E-state index in [2.05, 4.69) is 20.9 Å². The number of anilines is 1. The topological polar surface area (TPSA) is 53.4 Å². The molecule has 1 aromatic rings. The van der Waals surface area contributed by atoms with Crippen molar-refractivity contribution in [3.63, 3.8) is 0 Å². The number of hydrogen-bond acceptors (Lipinski definition) is 3. The van der Waals surface area contributed by atoms with Gasteiger partial charge < -0.3 is 10.0 Å². The highest BCUT2D eigenvalue weighted by molar-refractivity contribution is 9.10. The monoisotopic (exact) mass is 288 g/mol. The van der Waals surface area contributed by atoms with Gasteiger partial charge in [0.25, 0.3) is 0 Å². The van der Waals surface area contributed by atoms with Crippen LogP contribution in [-0.2, 0) is 4.79 Å². The van der Waals surface area contributed by atoms with Gasteiger partial charge in [-0.3, -0.25) is 4.79 Å². The zero-order valence-electron chi connectivity index (χ0n) is 8.36. The first-order chi connectivity index (χ1) is 7.61. The molecular formula is C10H10BrFN2O2. The van der Waals surface area contributed by atoms with Gasteiger partial charge in [-0.25, -0.2) is 9.37 Å². The van der Waals surface area contributed by atoms with Crippen LogP contribution in [0.15, 0.2) is 16.9 Å². The first-order valence-electron chi connectivity index (χ1n) is 4.84. The summed E-state index contributed by atoms with van der Waals surface area (Å²) in [4.78, 5) is 16.9. The van der Waals surface area contributed by atoms with Crippen LogP contribution in [0.25, 0.3) is 0 Å². The van der Waals surface area contributed by atoms with Crippen molar-refractivity contribution in [1.82, 2.24) is 4.98 Å². The van der Waals surface area contributed by atoms with Crippen molar-refractivity contribution in [3.8, 4) is 0 Å². The molecule has 2 heterocycles. The zero-order chi connectivity index (χ0) is 11.7. The molecule has 1 atom stereocenters. The Kier molecular flexibility index (Phi) is 3.20. The van der Waals surface area contributed by atoms with E-state index in [1.54, 1.807) is 0 Å². The summed E-state index contributed by atoms with van der Waals surface area (Å²) in [7, 11) is 0. The van der Waals surface area contributed by atoms with Crippen LogP contribution >= 0.6 is 15.9 Å². The molecule has 0 bridgehead atoms. The molecule has 1 saturated heterocycles. The summed E-state index contributed by atoms with van der Waals surface area (Å²) in [6.45, 7) is 0.363. The van der Waals surface area contributed by atoms with Crippen molar-refractivity contribution >= 4 is 27.5 Å². The number of carbonyl (C=O) groups excluding carboxylic acids is 1. The molecule has 6 heteroatoms. The van der Waals surface area contributed by atoms with E-state index in [9.17, 15) is 9.18 Å². The maximum absolute atomic E-state index is 13.0. The summed E-state index contributed by atoms with van der Waals surface area (Å²) in [5.41, 5.74) is 0.418. The van der Waals surface area contributed by atoms with Crippen molar-refractivity contribution in [3.05, 3.63) is 22.7 Å². The standard InChI is InChI=1S/C10H10BrFN2O2/c11-10-8(2-7(12)3-13-10)14-4-6(5-15)1-9(14)16/h2-3,6,15H,1,4-5H2. The second-order valence-electron chi connectivity index (χ2n) is 3.72. The van der Waals surface area contributed by atoms with E-state index in [1.165, 1.54) is 11.0 Å². The zero-order valence-corrected chi connectivity index (χ0v) is 9.95. The van der Waals surface area contributed by atoms with Gasteiger partial charge in [-0.05, 0) is 15.9 Å². The largest absolute Gasteiger partial charge is 0.396 e. The molecule has 0 radical (unpaired) electrons. The first-order valence-corrected chi connectivity index (χ1v) is 5.63. The van der Waals surface area contributed by atoms with Crippen molar-refractivity contribution in [1.29, 1.82) is 0 Å². The lowest BCUT2D eigenvalue weighted by molar-refractivity contribution is -0.117. The van der Waals surface area contributed by atoms with Gasteiger partial charge in [-0.15, -0.1) is 0 Å². The third-order valence-corrected chi connectivity index (χ3v) is 3.15. The molecule has 16 heavy (non-hydrogen) atoms. The Labute approximate surface area is 100 Å². The first kappa shape index (κ1) is 11.5. The number of aromatic nitrogens is 1. The van der Waals surface area contributed by atoms with Crippen LogP contribution in [-0.4, -0.2) is 29.1 Å². The fourth-order valence-electron chi connectivity index (χ4n) is 1.74. The van der Waals surface area contributed by atoms with Crippen LogP contribution in [0.5, 0.6) is 0 Å². The lowest BCUT2D eigenvalue weighted by atomic mass is 10.1. The minimum atomic E-state index is -0.488. The van der Waals surface area contributed by atoms with E-state index >= 15 is 0 Å². The number of halogens is 2. The second-order valence-corrected chi connectivity index (χ2v) is 4.47. The van der Waals surface area contributed by atoms with Gasteiger partial charge in [0.05, 0.1) is 11.9 Å². The summed E-state index contributed by atoms with van der Waals surface area (Å²) < 4.78 is 13.5.